The molecule has 0 saturated heterocycles. The van der Waals surface area contributed by atoms with E-state index in [1.807, 2.05) is 39.0 Å². The van der Waals surface area contributed by atoms with Crippen molar-refractivity contribution >= 4 is 33.3 Å². The van der Waals surface area contributed by atoms with E-state index >= 15 is 0 Å². The van der Waals surface area contributed by atoms with Crippen LogP contribution in [0.1, 0.15) is 32.0 Å². The zero-order chi connectivity index (χ0) is 19.8. The van der Waals surface area contributed by atoms with Crippen LogP contribution in [0.25, 0.3) is 20.8 Å². The monoisotopic (exact) mass is 385 g/mol. The molecule has 144 valence electrons. The van der Waals surface area contributed by atoms with Gasteiger partial charge in [0.05, 0.1) is 22.4 Å². The Hall–Kier alpha value is -2.18. The van der Waals surface area contributed by atoms with Crippen LogP contribution < -0.4 is 5.32 Å². The summed E-state index contributed by atoms with van der Waals surface area (Å²) >= 11 is 1.65. The summed E-state index contributed by atoms with van der Waals surface area (Å²) in [4.78, 5) is 17.6. The predicted octanol–water partition coefficient (Wildman–Crippen LogP) is 5.01. The zero-order valence-corrected chi connectivity index (χ0v) is 17.7. The minimum Gasteiger partial charge on any atom is -0.383 e. The molecule has 0 unspecified atom stereocenters. The smallest absolute Gasteiger partial charge is 0.230 e. The molecule has 0 spiro atoms. The molecule has 1 aromatic carbocycles. The van der Waals surface area contributed by atoms with Gasteiger partial charge in [-0.2, -0.15) is 0 Å². The summed E-state index contributed by atoms with van der Waals surface area (Å²) in [6, 6.07) is 8.12. The molecule has 1 amide bonds. The van der Waals surface area contributed by atoms with Crippen molar-refractivity contribution in [2.75, 3.05) is 19.0 Å². The van der Waals surface area contributed by atoms with Gasteiger partial charge in [-0.25, -0.2) is 4.98 Å². The average molecular weight is 386 g/mol. The number of ether oxygens (including phenoxy) is 1. The van der Waals surface area contributed by atoms with E-state index in [9.17, 15) is 4.79 Å². The van der Waals surface area contributed by atoms with Crippen molar-refractivity contribution in [3.8, 4) is 10.6 Å². The van der Waals surface area contributed by atoms with Crippen LogP contribution in [-0.2, 0) is 16.1 Å². The molecule has 2 aromatic heterocycles. The van der Waals surface area contributed by atoms with Crippen molar-refractivity contribution in [2.24, 2.45) is 5.41 Å². The number of carbonyl (C=O) groups is 1. The van der Waals surface area contributed by atoms with Gasteiger partial charge in [-0.15, -0.1) is 11.3 Å². The molecular weight excluding hydrogens is 358 g/mol. The molecule has 0 aliphatic rings. The Kier molecular flexibility index (Phi) is 5.40. The van der Waals surface area contributed by atoms with Gasteiger partial charge in [-0.1, -0.05) is 32.9 Å². The lowest BCUT2D eigenvalue weighted by molar-refractivity contribution is -0.123. The summed E-state index contributed by atoms with van der Waals surface area (Å²) in [7, 11) is 1.69. The van der Waals surface area contributed by atoms with E-state index in [0.29, 0.717) is 13.2 Å². The van der Waals surface area contributed by atoms with E-state index in [2.05, 4.69) is 29.8 Å². The molecule has 27 heavy (non-hydrogen) atoms. The summed E-state index contributed by atoms with van der Waals surface area (Å²) in [5, 5.41) is 4.10. The first-order valence-corrected chi connectivity index (χ1v) is 9.91. The van der Waals surface area contributed by atoms with Gasteiger partial charge < -0.3 is 14.6 Å². The zero-order valence-electron chi connectivity index (χ0n) is 16.8. The number of amides is 1. The molecule has 6 heteroatoms. The molecule has 0 saturated carbocycles. The van der Waals surface area contributed by atoms with E-state index in [-0.39, 0.29) is 5.91 Å². The first-order valence-electron chi connectivity index (χ1n) is 9.10. The molecule has 0 radical (unpaired) electrons. The Morgan fingerprint density at radius 2 is 1.96 bits per heavy atom. The van der Waals surface area contributed by atoms with Crippen molar-refractivity contribution < 1.29 is 9.53 Å². The number of carbonyl (C=O) groups excluding carboxylic acids is 1. The fourth-order valence-electron chi connectivity index (χ4n) is 2.99. The summed E-state index contributed by atoms with van der Waals surface area (Å²) in [5.41, 5.74) is 3.75. The topological polar surface area (TPSA) is 56.1 Å². The minimum atomic E-state index is -0.483. The first kappa shape index (κ1) is 19.6. The average Bonchev–Trinajstić information content (AvgIpc) is 3.12. The lowest BCUT2D eigenvalue weighted by atomic mass is 9.95. The number of benzene rings is 1. The second-order valence-electron chi connectivity index (χ2n) is 7.77. The quantitative estimate of drug-likeness (QED) is 0.671. The number of fused-ring (bicyclic) bond motifs is 1. The van der Waals surface area contributed by atoms with E-state index in [1.165, 1.54) is 0 Å². The summed E-state index contributed by atoms with van der Waals surface area (Å²) in [6.45, 7) is 11.2. The Morgan fingerprint density at radius 3 is 2.59 bits per heavy atom. The molecule has 3 rings (SSSR count). The lowest BCUT2D eigenvalue weighted by Crippen LogP contribution is -2.29. The SMILES string of the molecule is COCCn1c(C)c(C)c(-c2nc3ccccc3s2)c1NC(=O)C(C)(C)C. The van der Waals surface area contributed by atoms with Gasteiger partial charge in [0.2, 0.25) is 5.91 Å². The first-order chi connectivity index (χ1) is 12.7. The number of hydrogen-bond acceptors (Lipinski definition) is 4. The van der Waals surface area contributed by atoms with E-state index < -0.39 is 5.41 Å². The van der Waals surface area contributed by atoms with Crippen LogP contribution in [0.2, 0.25) is 0 Å². The van der Waals surface area contributed by atoms with Gasteiger partial charge >= 0.3 is 0 Å². The van der Waals surface area contributed by atoms with Crippen LogP contribution in [-0.4, -0.2) is 29.2 Å². The number of hydrogen-bond donors (Lipinski definition) is 1. The van der Waals surface area contributed by atoms with Crippen molar-refractivity contribution in [3.05, 3.63) is 35.5 Å². The van der Waals surface area contributed by atoms with Gasteiger partial charge in [0.25, 0.3) is 0 Å². The minimum absolute atomic E-state index is 0.0129. The Morgan fingerprint density at radius 1 is 1.26 bits per heavy atom. The molecular formula is C21H27N3O2S. The van der Waals surface area contributed by atoms with Crippen molar-refractivity contribution in [3.63, 3.8) is 0 Å². The number of nitrogens with one attached hydrogen (secondary N) is 1. The largest absolute Gasteiger partial charge is 0.383 e. The van der Waals surface area contributed by atoms with Gasteiger partial charge in [0.1, 0.15) is 10.8 Å². The van der Waals surface area contributed by atoms with E-state index in [4.69, 9.17) is 9.72 Å². The third kappa shape index (κ3) is 3.77. The normalized spacial score (nSPS) is 11.9. The highest BCUT2D eigenvalue weighted by atomic mass is 32.1. The number of thiazole rings is 1. The van der Waals surface area contributed by atoms with Crippen LogP contribution in [0, 0.1) is 19.3 Å². The third-order valence-corrected chi connectivity index (χ3v) is 5.82. The summed E-state index contributed by atoms with van der Waals surface area (Å²) in [5.74, 6) is 0.794. The fraction of sp³-hybridized carbons (Fsp3) is 0.429. The van der Waals surface area contributed by atoms with Gasteiger partial charge in [0, 0.05) is 24.8 Å². The maximum absolute atomic E-state index is 12.8. The molecule has 5 nitrogen and oxygen atoms in total. The highest BCUT2D eigenvalue weighted by Gasteiger charge is 2.27. The van der Waals surface area contributed by atoms with Crippen molar-refractivity contribution in [1.82, 2.24) is 9.55 Å². The van der Waals surface area contributed by atoms with Gasteiger partial charge in [-0.3, -0.25) is 4.79 Å². The van der Waals surface area contributed by atoms with Crippen LogP contribution in [0.5, 0.6) is 0 Å². The van der Waals surface area contributed by atoms with Crippen molar-refractivity contribution in [2.45, 2.75) is 41.2 Å². The van der Waals surface area contributed by atoms with E-state index in [1.54, 1.807) is 18.4 Å². The Balaban J connectivity index is 2.17. The molecule has 0 atom stereocenters. The number of nitrogens with zero attached hydrogens (tertiary/aromatic N) is 2. The number of aromatic nitrogens is 2. The maximum atomic E-state index is 12.8. The highest BCUT2D eigenvalue weighted by molar-refractivity contribution is 7.21. The molecule has 0 aliphatic heterocycles. The summed E-state index contributed by atoms with van der Waals surface area (Å²) < 4.78 is 8.55. The second-order valence-corrected chi connectivity index (χ2v) is 8.80. The van der Waals surface area contributed by atoms with Gasteiger partial charge in [0.15, 0.2) is 0 Å². The van der Waals surface area contributed by atoms with Crippen molar-refractivity contribution in [1.29, 1.82) is 0 Å². The number of methoxy groups -OCH3 is 1. The molecule has 0 bridgehead atoms. The highest BCUT2D eigenvalue weighted by Crippen LogP contribution is 2.40. The Bertz CT molecular complexity index is 946. The fourth-order valence-corrected chi connectivity index (χ4v) is 4.06. The number of anilines is 1. The summed E-state index contributed by atoms with van der Waals surface area (Å²) in [6.07, 6.45) is 0. The third-order valence-electron chi connectivity index (χ3n) is 4.77. The lowest BCUT2D eigenvalue weighted by Gasteiger charge is -2.20. The molecule has 2 heterocycles. The molecule has 1 N–H and O–H groups in total. The van der Waals surface area contributed by atoms with Crippen LogP contribution in [0.15, 0.2) is 24.3 Å². The standard InChI is InChI=1S/C21H27N3O2S/c1-13-14(2)24(11-12-26-6)18(23-20(25)21(3,4)5)17(13)19-22-15-9-7-8-10-16(15)27-19/h7-10H,11-12H2,1-6H3,(H,23,25). The van der Waals surface area contributed by atoms with Crippen LogP contribution >= 0.6 is 11.3 Å². The Labute approximate surface area is 164 Å². The maximum Gasteiger partial charge on any atom is 0.230 e. The molecule has 3 aromatic rings. The number of rotatable bonds is 5. The van der Waals surface area contributed by atoms with E-state index in [0.717, 1.165) is 37.9 Å². The molecule has 0 aliphatic carbocycles. The molecule has 0 fully saturated rings. The number of para-hydroxylation sites is 1. The van der Waals surface area contributed by atoms with Crippen LogP contribution in [0.3, 0.4) is 0 Å². The second kappa shape index (κ2) is 7.44. The predicted molar refractivity (Wildman–Crippen MR) is 112 cm³/mol. The van der Waals surface area contributed by atoms with Gasteiger partial charge in [-0.05, 0) is 31.5 Å². The van der Waals surface area contributed by atoms with Crippen LogP contribution in [0.4, 0.5) is 5.82 Å².